The van der Waals surface area contributed by atoms with Crippen LogP contribution in [0.25, 0.3) is 11.3 Å². The van der Waals surface area contributed by atoms with Gasteiger partial charge in [0.1, 0.15) is 0 Å². The molecule has 0 fully saturated rings. The number of carbonyl (C=O) groups excluding carboxylic acids is 2. The van der Waals surface area contributed by atoms with E-state index in [2.05, 4.69) is 15.6 Å². The summed E-state index contributed by atoms with van der Waals surface area (Å²) in [4.78, 5) is 29.6. The van der Waals surface area contributed by atoms with Crippen molar-refractivity contribution in [3.63, 3.8) is 0 Å². The highest BCUT2D eigenvalue weighted by Crippen LogP contribution is 2.52. The van der Waals surface area contributed by atoms with Crippen LogP contribution >= 0.6 is 0 Å². The van der Waals surface area contributed by atoms with E-state index < -0.39 is 34.7 Å². The van der Waals surface area contributed by atoms with Gasteiger partial charge in [-0.15, -0.1) is 0 Å². The summed E-state index contributed by atoms with van der Waals surface area (Å²) in [7, 11) is 1.42. The number of aromatic nitrogens is 1. The van der Waals surface area contributed by atoms with Gasteiger partial charge in [-0.2, -0.15) is 0 Å². The SMILES string of the molecule is CNC(=O)NC(=O)C(C)(C)C1c2ccc(-c3ccc(C(C)(C)O)cc3)nc2Oc2c(F)cccc21. The van der Waals surface area contributed by atoms with Gasteiger partial charge in [0.15, 0.2) is 11.6 Å². The van der Waals surface area contributed by atoms with E-state index >= 15 is 0 Å². The molecule has 1 aliphatic heterocycles. The number of carbonyl (C=O) groups is 2. The van der Waals surface area contributed by atoms with Crippen LogP contribution in [0.4, 0.5) is 9.18 Å². The molecule has 2 aromatic carbocycles. The summed E-state index contributed by atoms with van der Waals surface area (Å²) in [6.07, 6.45) is 0. The number of hydrogen-bond donors (Lipinski definition) is 3. The van der Waals surface area contributed by atoms with Crippen molar-refractivity contribution in [2.75, 3.05) is 7.05 Å². The quantitative estimate of drug-likeness (QED) is 0.500. The lowest BCUT2D eigenvalue weighted by Gasteiger charge is -2.37. The zero-order valence-corrected chi connectivity index (χ0v) is 20.3. The number of amides is 3. The predicted molar refractivity (Wildman–Crippen MR) is 130 cm³/mol. The molecule has 35 heavy (non-hydrogen) atoms. The molecule has 2 heterocycles. The lowest BCUT2D eigenvalue weighted by Crippen LogP contribution is -2.47. The van der Waals surface area contributed by atoms with E-state index in [9.17, 15) is 19.1 Å². The molecule has 182 valence electrons. The van der Waals surface area contributed by atoms with Gasteiger partial charge in [0.25, 0.3) is 0 Å². The standard InChI is InChI=1S/C27H28FN3O4/c1-26(2,24(32)31-25(33)29-5)21-17-7-6-8-19(28)22(17)35-23-18(21)13-14-20(30-23)15-9-11-16(12-10-15)27(3,4)34/h6-14,21,34H,1-5H3,(H2,29,31,32,33). The van der Waals surface area contributed by atoms with Gasteiger partial charge in [0.05, 0.1) is 16.7 Å². The Morgan fingerprint density at radius 3 is 2.31 bits per heavy atom. The Labute approximate surface area is 203 Å². The number of nitrogens with zero attached hydrogens (tertiary/aromatic N) is 1. The van der Waals surface area contributed by atoms with Crippen LogP contribution in [-0.2, 0) is 10.4 Å². The smallest absolute Gasteiger partial charge is 0.321 e. The molecule has 1 aliphatic rings. The lowest BCUT2D eigenvalue weighted by atomic mass is 9.69. The van der Waals surface area contributed by atoms with Crippen LogP contribution in [0.1, 0.15) is 50.3 Å². The van der Waals surface area contributed by atoms with E-state index in [-0.39, 0.29) is 11.6 Å². The van der Waals surface area contributed by atoms with Crippen LogP contribution in [0.5, 0.6) is 11.6 Å². The average Bonchev–Trinajstić information content (AvgIpc) is 2.82. The number of hydrogen-bond acceptors (Lipinski definition) is 5. The van der Waals surface area contributed by atoms with E-state index in [1.165, 1.54) is 13.1 Å². The third-order valence-corrected chi connectivity index (χ3v) is 6.36. The van der Waals surface area contributed by atoms with Crippen molar-refractivity contribution in [1.29, 1.82) is 0 Å². The summed E-state index contributed by atoms with van der Waals surface area (Å²) in [5.41, 5.74) is 1.13. The maximum atomic E-state index is 14.8. The summed E-state index contributed by atoms with van der Waals surface area (Å²) in [5.74, 6) is -1.51. The molecule has 0 saturated heterocycles. The zero-order valence-electron chi connectivity index (χ0n) is 20.3. The molecule has 0 bridgehead atoms. The first-order valence-electron chi connectivity index (χ1n) is 11.3. The van der Waals surface area contributed by atoms with Crippen molar-refractivity contribution in [2.24, 2.45) is 5.41 Å². The molecule has 1 aromatic heterocycles. The number of para-hydroxylation sites is 1. The molecule has 4 rings (SSSR count). The molecular weight excluding hydrogens is 449 g/mol. The Kier molecular flexibility index (Phi) is 6.11. The first kappa shape index (κ1) is 24.3. The first-order valence-corrected chi connectivity index (χ1v) is 11.3. The Morgan fingerprint density at radius 2 is 1.69 bits per heavy atom. The molecule has 3 aromatic rings. The molecule has 1 unspecified atom stereocenters. The normalized spacial score (nSPS) is 14.9. The maximum Gasteiger partial charge on any atom is 0.321 e. The van der Waals surface area contributed by atoms with Gasteiger partial charge < -0.3 is 15.2 Å². The van der Waals surface area contributed by atoms with Gasteiger partial charge in [0.2, 0.25) is 11.8 Å². The highest BCUT2D eigenvalue weighted by Gasteiger charge is 2.45. The van der Waals surface area contributed by atoms with Crippen LogP contribution in [0, 0.1) is 11.2 Å². The highest BCUT2D eigenvalue weighted by atomic mass is 19.1. The van der Waals surface area contributed by atoms with E-state index in [1.807, 2.05) is 36.4 Å². The average molecular weight is 478 g/mol. The van der Waals surface area contributed by atoms with E-state index in [0.717, 1.165) is 11.1 Å². The Hall–Kier alpha value is -3.78. The van der Waals surface area contributed by atoms with Crippen LogP contribution < -0.4 is 15.4 Å². The predicted octanol–water partition coefficient (Wildman–Crippen LogP) is 4.83. The number of fused-ring (bicyclic) bond motifs is 2. The van der Waals surface area contributed by atoms with Gasteiger partial charge >= 0.3 is 6.03 Å². The van der Waals surface area contributed by atoms with Crippen molar-refractivity contribution in [3.05, 3.63) is 77.1 Å². The minimum atomic E-state index is -1.15. The third kappa shape index (κ3) is 4.49. The number of pyridine rings is 1. The van der Waals surface area contributed by atoms with E-state index in [1.54, 1.807) is 39.8 Å². The summed E-state index contributed by atoms with van der Waals surface area (Å²) in [5, 5.41) is 14.9. The molecule has 8 heteroatoms. The number of nitrogens with one attached hydrogen (secondary N) is 2. The number of imide groups is 1. The van der Waals surface area contributed by atoms with Gasteiger partial charge in [-0.05, 0) is 31.5 Å². The molecule has 7 nitrogen and oxygen atoms in total. The van der Waals surface area contributed by atoms with Gasteiger partial charge in [-0.1, -0.05) is 56.3 Å². The van der Waals surface area contributed by atoms with Crippen LogP contribution in [-0.4, -0.2) is 29.1 Å². The largest absolute Gasteiger partial charge is 0.435 e. The van der Waals surface area contributed by atoms with Crippen LogP contribution in [0.2, 0.25) is 0 Å². The fraction of sp³-hybridized carbons (Fsp3) is 0.296. The second-order valence-corrected chi connectivity index (χ2v) is 9.68. The molecule has 0 aliphatic carbocycles. The zero-order chi connectivity index (χ0) is 25.5. The van der Waals surface area contributed by atoms with Crippen molar-refractivity contribution in [1.82, 2.24) is 15.6 Å². The second kappa shape index (κ2) is 8.78. The summed E-state index contributed by atoms with van der Waals surface area (Å²) in [6.45, 7) is 6.81. The number of ether oxygens (including phenoxy) is 1. The van der Waals surface area contributed by atoms with Gasteiger partial charge in [-0.3, -0.25) is 10.1 Å². The number of aliphatic hydroxyl groups is 1. The minimum absolute atomic E-state index is 0.00726. The molecule has 1 atom stereocenters. The molecular formula is C27H28FN3O4. The Bertz CT molecular complexity index is 1300. The molecule has 0 spiro atoms. The van der Waals surface area contributed by atoms with Crippen molar-refractivity contribution < 1.29 is 23.8 Å². The Morgan fingerprint density at radius 1 is 1.00 bits per heavy atom. The number of urea groups is 1. The molecule has 0 radical (unpaired) electrons. The molecule has 3 N–H and O–H groups in total. The third-order valence-electron chi connectivity index (χ3n) is 6.36. The number of halogens is 1. The lowest BCUT2D eigenvalue weighted by molar-refractivity contribution is -0.128. The van der Waals surface area contributed by atoms with Crippen LogP contribution in [0.3, 0.4) is 0 Å². The fourth-order valence-corrected chi connectivity index (χ4v) is 4.32. The van der Waals surface area contributed by atoms with Gasteiger partial charge in [-0.25, -0.2) is 14.2 Å². The molecule has 3 amide bonds. The van der Waals surface area contributed by atoms with Crippen molar-refractivity contribution in [2.45, 2.75) is 39.2 Å². The summed E-state index contributed by atoms with van der Waals surface area (Å²) < 4.78 is 20.7. The minimum Gasteiger partial charge on any atom is -0.435 e. The number of rotatable bonds is 4. The Balaban J connectivity index is 1.80. The summed E-state index contributed by atoms with van der Waals surface area (Å²) >= 11 is 0. The molecule has 0 saturated carbocycles. The number of benzene rings is 2. The van der Waals surface area contributed by atoms with E-state index in [0.29, 0.717) is 16.8 Å². The first-order chi connectivity index (χ1) is 16.4. The van der Waals surface area contributed by atoms with Crippen molar-refractivity contribution >= 4 is 11.9 Å². The van der Waals surface area contributed by atoms with Crippen molar-refractivity contribution in [3.8, 4) is 22.9 Å². The highest BCUT2D eigenvalue weighted by molar-refractivity contribution is 5.97. The monoisotopic (exact) mass is 477 g/mol. The van der Waals surface area contributed by atoms with Crippen LogP contribution in [0.15, 0.2) is 54.6 Å². The topological polar surface area (TPSA) is 101 Å². The fourth-order valence-electron chi connectivity index (χ4n) is 4.32. The van der Waals surface area contributed by atoms with E-state index in [4.69, 9.17) is 4.74 Å². The maximum absolute atomic E-state index is 14.8. The van der Waals surface area contributed by atoms with Gasteiger partial charge in [0, 0.05) is 29.7 Å². The second-order valence-electron chi connectivity index (χ2n) is 9.68. The summed E-state index contributed by atoms with van der Waals surface area (Å²) in [6, 6.07) is 14.9.